The summed E-state index contributed by atoms with van der Waals surface area (Å²) in [4.78, 5) is 4.42. The second-order valence-electron chi connectivity index (χ2n) is 5.39. The Labute approximate surface area is 133 Å². The zero-order valence-corrected chi connectivity index (χ0v) is 13.3. The molecule has 3 rings (SSSR count). The second-order valence-corrected chi connectivity index (χ2v) is 6.07. The Morgan fingerprint density at radius 1 is 1.48 bits per heavy atom. The van der Waals surface area contributed by atoms with Crippen molar-refractivity contribution in [3.8, 4) is 0 Å². The van der Waals surface area contributed by atoms with Crippen molar-refractivity contribution in [2.24, 2.45) is 5.92 Å². The van der Waals surface area contributed by atoms with E-state index in [9.17, 15) is 4.39 Å². The average Bonchev–Trinajstić information content (AvgIpc) is 3.05. The van der Waals surface area contributed by atoms with Crippen LogP contribution in [0.5, 0.6) is 0 Å². The van der Waals surface area contributed by atoms with Crippen LogP contribution in [-0.2, 0) is 17.2 Å². The highest BCUT2D eigenvalue weighted by molar-refractivity contribution is 6.31. The molecule has 1 aromatic heterocycles. The van der Waals surface area contributed by atoms with Crippen LogP contribution >= 0.6 is 23.2 Å². The molecule has 21 heavy (non-hydrogen) atoms. The number of imidazole rings is 1. The number of benzene rings is 1. The van der Waals surface area contributed by atoms with E-state index in [1.54, 1.807) is 6.07 Å². The molecule has 0 radical (unpaired) electrons. The summed E-state index contributed by atoms with van der Waals surface area (Å²) >= 11 is 11.9. The first-order valence-corrected chi connectivity index (χ1v) is 8.07. The molecule has 0 N–H and O–H groups in total. The van der Waals surface area contributed by atoms with Crippen molar-refractivity contribution < 1.29 is 9.13 Å². The molecule has 0 aliphatic carbocycles. The molecule has 1 fully saturated rings. The highest BCUT2D eigenvalue weighted by Crippen LogP contribution is 2.29. The smallest absolute Gasteiger partial charge is 0.144 e. The molecule has 1 saturated heterocycles. The predicted molar refractivity (Wildman–Crippen MR) is 82.4 cm³/mol. The Bertz CT molecular complexity index is 659. The molecule has 2 unspecified atom stereocenters. The SMILES string of the molecule is CCC1OCCC1Cn1c(CCl)nc2cc(F)c(Cl)cc21. The van der Waals surface area contributed by atoms with E-state index in [4.69, 9.17) is 27.9 Å². The van der Waals surface area contributed by atoms with Gasteiger partial charge in [-0.15, -0.1) is 11.6 Å². The molecule has 2 atom stereocenters. The number of alkyl halides is 1. The van der Waals surface area contributed by atoms with Crippen molar-refractivity contribution in [1.29, 1.82) is 0 Å². The summed E-state index contributed by atoms with van der Waals surface area (Å²) in [6.07, 6.45) is 2.28. The first kappa shape index (κ1) is 15.1. The molecular weight excluding hydrogens is 314 g/mol. The van der Waals surface area contributed by atoms with Gasteiger partial charge in [-0.25, -0.2) is 9.37 Å². The summed E-state index contributed by atoms with van der Waals surface area (Å²) in [5.41, 5.74) is 1.43. The number of hydrogen-bond acceptors (Lipinski definition) is 2. The van der Waals surface area contributed by atoms with Gasteiger partial charge in [-0.2, -0.15) is 0 Å². The molecular formula is C15H17Cl2FN2O. The molecule has 1 aliphatic heterocycles. The predicted octanol–water partition coefficient (Wildman–Crippen LogP) is 4.38. The number of ether oxygens (including phenoxy) is 1. The normalized spacial score (nSPS) is 22.3. The summed E-state index contributed by atoms with van der Waals surface area (Å²) in [6, 6.07) is 3.00. The molecule has 3 nitrogen and oxygen atoms in total. The van der Waals surface area contributed by atoms with Gasteiger partial charge in [0, 0.05) is 25.1 Å². The van der Waals surface area contributed by atoms with Gasteiger partial charge < -0.3 is 9.30 Å². The average molecular weight is 331 g/mol. The van der Waals surface area contributed by atoms with E-state index in [1.165, 1.54) is 6.07 Å². The molecule has 0 spiro atoms. The number of halogens is 3. The van der Waals surface area contributed by atoms with E-state index in [0.717, 1.165) is 37.3 Å². The number of fused-ring (bicyclic) bond motifs is 1. The fraction of sp³-hybridized carbons (Fsp3) is 0.533. The molecule has 1 aliphatic rings. The van der Waals surface area contributed by atoms with Crippen LogP contribution in [0.15, 0.2) is 12.1 Å². The van der Waals surface area contributed by atoms with Gasteiger partial charge >= 0.3 is 0 Å². The maximum Gasteiger partial charge on any atom is 0.144 e. The van der Waals surface area contributed by atoms with Crippen LogP contribution in [0.1, 0.15) is 25.6 Å². The summed E-state index contributed by atoms with van der Waals surface area (Å²) in [7, 11) is 0. The minimum absolute atomic E-state index is 0.111. The molecule has 0 amide bonds. The van der Waals surface area contributed by atoms with Gasteiger partial charge in [0.15, 0.2) is 0 Å². The van der Waals surface area contributed by atoms with Crippen LogP contribution in [0.25, 0.3) is 11.0 Å². The third kappa shape index (κ3) is 2.77. The summed E-state index contributed by atoms with van der Waals surface area (Å²) in [5.74, 6) is 1.01. The van der Waals surface area contributed by atoms with Crippen molar-refractivity contribution >= 4 is 34.2 Å². The largest absolute Gasteiger partial charge is 0.378 e. The molecule has 6 heteroatoms. The maximum atomic E-state index is 13.6. The van der Waals surface area contributed by atoms with E-state index in [1.807, 2.05) is 0 Å². The van der Waals surface area contributed by atoms with Crippen LogP contribution in [0, 0.1) is 11.7 Å². The Morgan fingerprint density at radius 3 is 3.00 bits per heavy atom. The zero-order chi connectivity index (χ0) is 15.0. The van der Waals surface area contributed by atoms with Crippen LogP contribution in [0.3, 0.4) is 0 Å². The van der Waals surface area contributed by atoms with Gasteiger partial charge in [0.1, 0.15) is 11.6 Å². The molecule has 1 aromatic carbocycles. The van der Waals surface area contributed by atoms with Crippen LogP contribution in [0.2, 0.25) is 5.02 Å². The van der Waals surface area contributed by atoms with Crippen LogP contribution < -0.4 is 0 Å². The van der Waals surface area contributed by atoms with Gasteiger partial charge in [-0.05, 0) is 18.9 Å². The van der Waals surface area contributed by atoms with Gasteiger partial charge in [0.2, 0.25) is 0 Å². The lowest BCUT2D eigenvalue weighted by molar-refractivity contribution is 0.0836. The van der Waals surface area contributed by atoms with E-state index in [-0.39, 0.29) is 17.0 Å². The minimum Gasteiger partial charge on any atom is -0.378 e. The molecule has 0 bridgehead atoms. The standard InChI is InChI=1S/C15H17Cl2FN2O/c1-2-14-9(3-4-21-14)8-20-13-5-10(17)11(18)6-12(13)19-15(20)7-16/h5-6,9,14H,2-4,7-8H2,1H3. The van der Waals surface area contributed by atoms with Crippen molar-refractivity contribution in [2.75, 3.05) is 6.61 Å². The minimum atomic E-state index is -0.453. The van der Waals surface area contributed by atoms with Crippen molar-refractivity contribution in [3.63, 3.8) is 0 Å². The van der Waals surface area contributed by atoms with Crippen LogP contribution in [-0.4, -0.2) is 22.3 Å². The highest BCUT2D eigenvalue weighted by Gasteiger charge is 2.28. The quantitative estimate of drug-likeness (QED) is 0.777. The second kappa shape index (κ2) is 6.11. The molecule has 114 valence electrons. The first-order chi connectivity index (χ1) is 10.1. The Hall–Kier alpha value is -0.840. The van der Waals surface area contributed by atoms with Gasteiger partial charge in [0.05, 0.1) is 28.0 Å². The van der Waals surface area contributed by atoms with E-state index in [2.05, 4.69) is 16.5 Å². The van der Waals surface area contributed by atoms with Gasteiger partial charge in [-0.1, -0.05) is 18.5 Å². The van der Waals surface area contributed by atoms with E-state index < -0.39 is 5.82 Å². The van der Waals surface area contributed by atoms with Crippen molar-refractivity contribution in [1.82, 2.24) is 9.55 Å². The molecule has 0 saturated carbocycles. The Morgan fingerprint density at radius 2 is 2.29 bits per heavy atom. The number of nitrogens with zero attached hydrogens (tertiary/aromatic N) is 2. The fourth-order valence-electron chi connectivity index (χ4n) is 3.06. The topological polar surface area (TPSA) is 27.1 Å². The van der Waals surface area contributed by atoms with Crippen molar-refractivity contribution in [3.05, 3.63) is 28.8 Å². The Balaban J connectivity index is 2.01. The molecule has 2 aromatic rings. The third-order valence-corrected chi connectivity index (χ3v) is 4.68. The highest BCUT2D eigenvalue weighted by atomic mass is 35.5. The number of rotatable bonds is 4. The zero-order valence-electron chi connectivity index (χ0n) is 11.8. The Kier molecular flexibility index (Phi) is 4.38. The lowest BCUT2D eigenvalue weighted by atomic mass is 9.99. The van der Waals surface area contributed by atoms with Gasteiger partial charge in [0.25, 0.3) is 0 Å². The van der Waals surface area contributed by atoms with E-state index >= 15 is 0 Å². The fourth-order valence-corrected chi connectivity index (χ4v) is 3.43. The molecule has 2 heterocycles. The number of hydrogen-bond donors (Lipinski definition) is 0. The third-order valence-electron chi connectivity index (χ3n) is 4.15. The summed E-state index contributed by atoms with van der Waals surface area (Å²) in [6.45, 7) is 3.70. The monoisotopic (exact) mass is 330 g/mol. The first-order valence-electron chi connectivity index (χ1n) is 7.15. The van der Waals surface area contributed by atoms with Crippen LogP contribution in [0.4, 0.5) is 4.39 Å². The van der Waals surface area contributed by atoms with Crippen molar-refractivity contribution in [2.45, 2.75) is 38.3 Å². The van der Waals surface area contributed by atoms with E-state index in [0.29, 0.717) is 11.4 Å². The number of aromatic nitrogens is 2. The van der Waals surface area contributed by atoms with Gasteiger partial charge in [-0.3, -0.25) is 0 Å². The summed E-state index contributed by atoms with van der Waals surface area (Å²) < 4.78 is 21.4. The summed E-state index contributed by atoms with van der Waals surface area (Å²) in [5, 5.41) is 0.111. The maximum absolute atomic E-state index is 13.6. The lowest BCUT2D eigenvalue weighted by Crippen LogP contribution is -2.21. The lowest BCUT2D eigenvalue weighted by Gasteiger charge is -2.19.